The van der Waals surface area contributed by atoms with Gasteiger partial charge >= 0.3 is 0 Å². The summed E-state index contributed by atoms with van der Waals surface area (Å²) < 4.78 is 8.02. The molecule has 1 atom stereocenters. The third-order valence-electron chi connectivity index (χ3n) is 4.59. The number of rotatable bonds is 5. The molecule has 26 heavy (non-hydrogen) atoms. The lowest BCUT2D eigenvalue weighted by molar-refractivity contribution is 0.0914. The standard InChI is InChI=1S/C19H19BrN2O3S/c20-12-4-3-5-14(8-12)25-10-13(23)9-22-11-21-18-17(19(22)24)15-6-1-2-7-16(15)26-18/h3-5,8,11,13,23H,1-2,6-7,9-10H2/t13-/m1/s1. The van der Waals surface area contributed by atoms with Crippen molar-refractivity contribution in [2.24, 2.45) is 0 Å². The molecule has 0 bridgehead atoms. The quantitative estimate of drug-likeness (QED) is 0.666. The van der Waals surface area contributed by atoms with Crippen molar-refractivity contribution in [3.63, 3.8) is 0 Å². The fraction of sp³-hybridized carbons (Fsp3) is 0.368. The molecule has 0 aliphatic heterocycles. The molecule has 1 N–H and O–H groups in total. The SMILES string of the molecule is O=c1c2c3c(sc2ncn1C[C@@H](O)COc1cccc(Br)c1)CCCC3. The van der Waals surface area contributed by atoms with Gasteiger partial charge in [0.1, 0.15) is 23.3 Å². The Kier molecular flexibility index (Phi) is 5.11. The van der Waals surface area contributed by atoms with E-state index in [0.29, 0.717) is 5.75 Å². The van der Waals surface area contributed by atoms with Crippen LogP contribution >= 0.6 is 27.3 Å². The molecule has 3 aromatic rings. The minimum absolute atomic E-state index is 0.0593. The molecule has 1 aliphatic carbocycles. The smallest absolute Gasteiger partial charge is 0.262 e. The molecule has 7 heteroatoms. The highest BCUT2D eigenvalue weighted by atomic mass is 79.9. The lowest BCUT2D eigenvalue weighted by Gasteiger charge is -2.14. The molecular weight excluding hydrogens is 416 g/mol. The monoisotopic (exact) mass is 434 g/mol. The maximum absolute atomic E-state index is 12.9. The fourth-order valence-corrected chi connectivity index (χ4v) is 4.94. The van der Waals surface area contributed by atoms with E-state index in [1.165, 1.54) is 27.8 Å². The summed E-state index contributed by atoms with van der Waals surface area (Å²) in [6.07, 6.45) is 5.04. The number of aliphatic hydroxyl groups is 1. The first-order valence-corrected chi connectivity index (χ1v) is 10.3. The van der Waals surface area contributed by atoms with Crippen molar-refractivity contribution in [2.75, 3.05) is 6.61 Å². The number of benzene rings is 1. The highest BCUT2D eigenvalue weighted by Crippen LogP contribution is 2.33. The molecular formula is C19H19BrN2O3S. The van der Waals surface area contributed by atoms with Crippen LogP contribution in [0.25, 0.3) is 10.2 Å². The van der Waals surface area contributed by atoms with E-state index >= 15 is 0 Å². The lowest BCUT2D eigenvalue weighted by Crippen LogP contribution is -2.30. The van der Waals surface area contributed by atoms with E-state index < -0.39 is 6.10 Å². The lowest BCUT2D eigenvalue weighted by atomic mass is 9.97. The fourth-order valence-electron chi connectivity index (χ4n) is 3.34. The van der Waals surface area contributed by atoms with Crippen molar-refractivity contribution in [3.8, 4) is 5.75 Å². The van der Waals surface area contributed by atoms with E-state index in [9.17, 15) is 9.90 Å². The van der Waals surface area contributed by atoms with Gasteiger partial charge in [-0.3, -0.25) is 9.36 Å². The van der Waals surface area contributed by atoms with Crippen LogP contribution < -0.4 is 10.3 Å². The van der Waals surface area contributed by atoms with Crippen molar-refractivity contribution in [2.45, 2.75) is 38.3 Å². The third kappa shape index (κ3) is 3.56. The first-order chi connectivity index (χ1) is 12.6. The zero-order valence-corrected chi connectivity index (χ0v) is 16.6. The van der Waals surface area contributed by atoms with Crippen LogP contribution in [0.3, 0.4) is 0 Å². The van der Waals surface area contributed by atoms with Crippen LogP contribution in [0, 0.1) is 0 Å². The van der Waals surface area contributed by atoms with E-state index in [2.05, 4.69) is 20.9 Å². The molecule has 2 heterocycles. The van der Waals surface area contributed by atoms with Crippen LogP contribution in [0.5, 0.6) is 5.75 Å². The Balaban J connectivity index is 1.51. The molecule has 1 aromatic carbocycles. The molecule has 0 spiro atoms. The normalized spacial score (nSPS) is 15.0. The molecule has 0 fully saturated rings. The average Bonchev–Trinajstić information content (AvgIpc) is 3.02. The molecule has 0 amide bonds. The highest BCUT2D eigenvalue weighted by molar-refractivity contribution is 9.10. The second-order valence-corrected chi connectivity index (χ2v) is 8.51. The van der Waals surface area contributed by atoms with Crippen LogP contribution in [-0.4, -0.2) is 27.4 Å². The molecule has 1 aliphatic rings. The Bertz CT molecular complexity index is 998. The first kappa shape index (κ1) is 17.7. The summed E-state index contributed by atoms with van der Waals surface area (Å²) in [5.41, 5.74) is 1.11. The third-order valence-corrected chi connectivity index (χ3v) is 6.28. The molecule has 0 unspecified atom stereocenters. The van der Waals surface area contributed by atoms with Gasteiger partial charge in [-0.25, -0.2) is 4.98 Å². The number of fused-ring (bicyclic) bond motifs is 3. The maximum atomic E-state index is 12.9. The summed E-state index contributed by atoms with van der Waals surface area (Å²) in [6, 6.07) is 7.44. The van der Waals surface area contributed by atoms with Gasteiger partial charge in [-0.2, -0.15) is 0 Å². The Labute approximate surface area is 163 Å². The highest BCUT2D eigenvalue weighted by Gasteiger charge is 2.20. The van der Waals surface area contributed by atoms with E-state index in [1.54, 1.807) is 11.3 Å². The molecule has 0 saturated carbocycles. The molecule has 4 rings (SSSR count). The number of hydrogen-bond acceptors (Lipinski definition) is 5. The zero-order chi connectivity index (χ0) is 18.1. The van der Waals surface area contributed by atoms with Gasteiger partial charge in [0.05, 0.1) is 18.3 Å². The largest absolute Gasteiger partial charge is 0.491 e. The van der Waals surface area contributed by atoms with Gasteiger partial charge in [0.15, 0.2) is 0 Å². The van der Waals surface area contributed by atoms with E-state index in [0.717, 1.165) is 34.0 Å². The van der Waals surface area contributed by atoms with Gasteiger partial charge in [-0.15, -0.1) is 11.3 Å². The van der Waals surface area contributed by atoms with Crippen molar-refractivity contribution in [1.82, 2.24) is 9.55 Å². The Hall–Kier alpha value is -1.70. The van der Waals surface area contributed by atoms with Crippen molar-refractivity contribution in [3.05, 3.63) is 55.9 Å². The van der Waals surface area contributed by atoms with Crippen molar-refractivity contribution >= 4 is 37.5 Å². The summed E-state index contributed by atoms with van der Waals surface area (Å²) in [7, 11) is 0. The minimum atomic E-state index is -0.791. The van der Waals surface area contributed by atoms with Crippen molar-refractivity contribution in [1.29, 1.82) is 0 Å². The molecule has 2 aromatic heterocycles. The van der Waals surface area contributed by atoms with Gasteiger partial charge < -0.3 is 9.84 Å². The van der Waals surface area contributed by atoms with Crippen LogP contribution in [0.1, 0.15) is 23.3 Å². The number of aryl methyl sites for hydroxylation is 2. The van der Waals surface area contributed by atoms with Crippen LogP contribution in [0.4, 0.5) is 0 Å². The number of ether oxygens (including phenoxy) is 1. The van der Waals surface area contributed by atoms with Gasteiger partial charge in [0, 0.05) is 9.35 Å². The van der Waals surface area contributed by atoms with Gasteiger partial charge in [0.25, 0.3) is 5.56 Å². The Morgan fingerprint density at radius 1 is 1.35 bits per heavy atom. The number of aromatic nitrogens is 2. The zero-order valence-electron chi connectivity index (χ0n) is 14.2. The number of thiophene rings is 1. The summed E-state index contributed by atoms with van der Waals surface area (Å²) in [6.45, 7) is 0.281. The maximum Gasteiger partial charge on any atom is 0.262 e. The predicted molar refractivity (Wildman–Crippen MR) is 106 cm³/mol. The topological polar surface area (TPSA) is 64.4 Å². The van der Waals surface area contributed by atoms with E-state index in [1.807, 2.05) is 24.3 Å². The second kappa shape index (κ2) is 7.50. The summed E-state index contributed by atoms with van der Waals surface area (Å²) >= 11 is 5.02. The van der Waals surface area contributed by atoms with Crippen molar-refractivity contribution < 1.29 is 9.84 Å². The summed E-state index contributed by atoms with van der Waals surface area (Å²) in [5, 5.41) is 11.0. The van der Waals surface area contributed by atoms with Gasteiger partial charge in [-0.1, -0.05) is 22.0 Å². The Morgan fingerprint density at radius 2 is 2.19 bits per heavy atom. The van der Waals surface area contributed by atoms with E-state index in [-0.39, 0.29) is 18.7 Å². The molecule has 0 radical (unpaired) electrons. The molecule has 136 valence electrons. The first-order valence-electron chi connectivity index (χ1n) is 8.68. The average molecular weight is 435 g/mol. The van der Waals surface area contributed by atoms with Crippen LogP contribution in [0.2, 0.25) is 0 Å². The number of halogens is 1. The molecule has 0 saturated heterocycles. The predicted octanol–water partition coefficient (Wildman–Crippen LogP) is 3.54. The Morgan fingerprint density at radius 3 is 3.04 bits per heavy atom. The minimum Gasteiger partial charge on any atom is -0.491 e. The summed E-state index contributed by atoms with van der Waals surface area (Å²) in [5.74, 6) is 0.672. The van der Waals surface area contributed by atoms with Crippen LogP contribution in [0.15, 0.2) is 39.9 Å². The number of nitrogens with zero attached hydrogens (tertiary/aromatic N) is 2. The second-order valence-electron chi connectivity index (χ2n) is 6.52. The molecule has 5 nitrogen and oxygen atoms in total. The van der Waals surface area contributed by atoms with Gasteiger partial charge in [0.2, 0.25) is 0 Å². The van der Waals surface area contributed by atoms with Gasteiger partial charge in [-0.05, 0) is 49.4 Å². The van der Waals surface area contributed by atoms with Crippen LogP contribution in [-0.2, 0) is 19.4 Å². The number of aliphatic hydroxyl groups excluding tert-OH is 1. The van der Waals surface area contributed by atoms with E-state index in [4.69, 9.17) is 4.74 Å². The summed E-state index contributed by atoms with van der Waals surface area (Å²) in [4.78, 5) is 19.5. The number of hydrogen-bond donors (Lipinski definition) is 1.